The molecule has 0 fully saturated rings. The Morgan fingerprint density at radius 1 is 1.57 bits per heavy atom. The summed E-state index contributed by atoms with van der Waals surface area (Å²) in [5, 5.41) is 13.9. The molecule has 7 heteroatoms. The van der Waals surface area contributed by atoms with Gasteiger partial charge in [0.1, 0.15) is 17.4 Å². The molecule has 5 nitrogen and oxygen atoms in total. The Labute approximate surface area is 134 Å². The molecule has 0 atom stereocenters. The lowest BCUT2D eigenvalue weighted by molar-refractivity contribution is -0.112. The van der Waals surface area contributed by atoms with Gasteiger partial charge in [-0.2, -0.15) is 5.26 Å². The van der Waals surface area contributed by atoms with Crippen molar-refractivity contribution in [3.05, 3.63) is 45.4 Å². The number of nitrogens with zero attached hydrogens (tertiary/aromatic N) is 2. The average Bonchev–Trinajstić information content (AvgIpc) is 2.97. The standard InChI is InChI=1S/C14H10BrN3O2S/c1-20-12-3-2-9(7-11(12)15)6-10(8-16)13(19)18-14-17-4-5-21-14/h2-7H,1H3,(H,17,18,19). The molecule has 0 radical (unpaired) electrons. The molecule has 2 aromatic rings. The van der Waals surface area contributed by atoms with Gasteiger partial charge < -0.3 is 4.74 Å². The van der Waals surface area contributed by atoms with Crippen molar-refractivity contribution in [3.63, 3.8) is 0 Å². The zero-order valence-corrected chi connectivity index (χ0v) is 13.4. The number of anilines is 1. The fourth-order valence-corrected chi connectivity index (χ4v) is 2.62. The van der Waals surface area contributed by atoms with Gasteiger partial charge in [-0.1, -0.05) is 6.07 Å². The molecule has 1 N–H and O–H groups in total. The number of amides is 1. The number of carbonyl (C=O) groups excluding carboxylic acids is 1. The Balaban J connectivity index is 2.22. The van der Waals surface area contributed by atoms with E-state index in [0.717, 1.165) is 4.47 Å². The highest BCUT2D eigenvalue weighted by Crippen LogP contribution is 2.26. The third-order valence-electron chi connectivity index (χ3n) is 2.50. The lowest BCUT2D eigenvalue weighted by atomic mass is 10.1. The third-order valence-corrected chi connectivity index (χ3v) is 3.81. The van der Waals surface area contributed by atoms with Gasteiger partial charge in [0, 0.05) is 11.6 Å². The van der Waals surface area contributed by atoms with Crippen LogP contribution in [0.15, 0.2) is 39.8 Å². The molecule has 21 heavy (non-hydrogen) atoms. The maximum Gasteiger partial charge on any atom is 0.268 e. The normalized spacial score (nSPS) is 10.8. The molecule has 106 valence electrons. The molecule has 0 aliphatic carbocycles. The van der Waals surface area contributed by atoms with Crippen LogP contribution in [0.4, 0.5) is 5.13 Å². The van der Waals surface area contributed by atoms with E-state index in [9.17, 15) is 4.79 Å². The van der Waals surface area contributed by atoms with Crippen molar-refractivity contribution >= 4 is 44.4 Å². The highest BCUT2D eigenvalue weighted by atomic mass is 79.9. The largest absolute Gasteiger partial charge is 0.496 e. The minimum Gasteiger partial charge on any atom is -0.496 e. The SMILES string of the molecule is COc1ccc(C=C(C#N)C(=O)Nc2nccs2)cc1Br. The number of methoxy groups -OCH3 is 1. The second-order valence-electron chi connectivity index (χ2n) is 3.86. The number of thiazole rings is 1. The Kier molecular flexibility index (Phi) is 5.09. The Morgan fingerprint density at radius 2 is 2.38 bits per heavy atom. The molecule has 1 heterocycles. The lowest BCUT2D eigenvalue weighted by Gasteiger charge is -2.04. The molecule has 0 bridgehead atoms. The van der Waals surface area contributed by atoms with Crippen molar-refractivity contribution < 1.29 is 9.53 Å². The highest BCUT2D eigenvalue weighted by Gasteiger charge is 2.11. The number of halogens is 1. The Hall–Kier alpha value is -2.17. The highest BCUT2D eigenvalue weighted by molar-refractivity contribution is 9.10. The molecule has 0 unspecified atom stereocenters. The van der Waals surface area contributed by atoms with Crippen LogP contribution in [0.1, 0.15) is 5.56 Å². The first kappa shape index (κ1) is 15.2. The van der Waals surface area contributed by atoms with E-state index in [-0.39, 0.29) is 5.57 Å². The summed E-state index contributed by atoms with van der Waals surface area (Å²) >= 11 is 4.65. The molecular weight excluding hydrogens is 354 g/mol. The number of ether oxygens (including phenoxy) is 1. The van der Waals surface area contributed by atoms with Gasteiger partial charge in [0.2, 0.25) is 0 Å². The summed E-state index contributed by atoms with van der Waals surface area (Å²) in [4.78, 5) is 15.9. The van der Waals surface area contributed by atoms with Crippen LogP contribution in [0, 0.1) is 11.3 Å². The molecule has 2 rings (SSSR count). The summed E-state index contributed by atoms with van der Waals surface area (Å²) in [6.45, 7) is 0. The molecule has 0 spiro atoms. The van der Waals surface area contributed by atoms with Crippen LogP contribution in [-0.4, -0.2) is 18.0 Å². The van der Waals surface area contributed by atoms with E-state index in [0.29, 0.717) is 16.4 Å². The average molecular weight is 364 g/mol. The smallest absolute Gasteiger partial charge is 0.268 e. The van der Waals surface area contributed by atoms with E-state index >= 15 is 0 Å². The maximum atomic E-state index is 12.0. The Morgan fingerprint density at radius 3 is 2.95 bits per heavy atom. The summed E-state index contributed by atoms with van der Waals surface area (Å²) < 4.78 is 5.88. The molecule has 0 aliphatic rings. The fourth-order valence-electron chi connectivity index (χ4n) is 1.54. The molecular formula is C14H10BrN3O2S. The van der Waals surface area contributed by atoms with Crippen molar-refractivity contribution in [1.29, 1.82) is 5.26 Å². The minimum atomic E-state index is -0.487. The number of nitriles is 1. The molecule has 0 saturated heterocycles. The topological polar surface area (TPSA) is 75.0 Å². The number of aromatic nitrogens is 1. The first-order valence-corrected chi connectivity index (χ1v) is 7.47. The van der Waals surface area contributed by atoms with Gasteiger partial charge in [0.15, 0.2) is 5.13 Å². The van der Waals surface area contributed by atoms with E-state index in [1.807, 2.05) is 6.07 Å². The van der Waals surface area contributed by atoms with Crippen LogP contribution in [0.5, 0.6) is 5.75 Å². The van der Waals surface area contributed by atoms with E-state index in [1.165, 1.54) is 17.4 Å². The van der Waals surface area contributed by atoms with Crippen LogP contribution < -0.4 is 10.1 Å². The molecule has 1 aromatic heterocycles. The maximum absolute atomic E-state index is 12.0. The number of rotatable bonds is 4. The monoisotopic (exact) mass is 363 g/mol. The van der Waals surface area contributed by atoms with Crippen molar-refractivity contribution in [2.24, 2.45) is 0 Å². The van der Waals surface area contributed by atoms with Crippen LogP contribution >= 0.6 is 27.3 Å². The predicted molar refractivity (Wildman–Crippen MR) is 85.0 cm³/mol. The zero-order valence-electron chi connectivity index (χ0n) is 11.0. The first-order chi connectivity index (χ1) is 10.1. The number of hydrogen-bond acceptors (Lipinski definition) is 5. The van der Waals surface area contributed by atoms with Gasteiger partial charge in [-0.05, 0) is 39.7 Å². The summed E-state index contributed by atoms with van der Waals surface area (Å²) in [6, 6.07) is 7.18. The summed E-state index contributed by atoms with van der Waals surface area (Å²) in [5.74, 6) is 0.192. The van der Waals surface area contributed by atoms with Crippen molar-refractivity contribution in [3.8, 4) is 11.8 Å². The van der Waals surface area contributed by atoms with Gasteiger partial charge in [0.05, 0.1) is 11.6 Å². The van der Waals surface area contributed by atoms with Gasteiger partial charge in [-0.15, -0.1) is 11.3 Å². The van der Waals surface area contributed by atoms with E-state index in [2.05, 4.69) is 26.2 Å². The van der Waals surface area contributed by atoms with Gasteiger partial charge in [0.25, 0.3) is 5.91 Å². The zero-order chi connectivity index (χ0) is 15.2. The summed E-state index contributed by atoms with van der Waals surface area (Å²) in [6.07, 6.45) is 3.09. The second kappa shape index (κ2) is 7.02. The second-order valence-corrected chi connectivity index (χ2v) is 5.60. The van der Waals surface area contributed by atoms with E-state index in [4.69, 9.17) is 10.00 Å². The van der Waals surface area contributed by atoms with Crippen molar-refractivity contribution in [2.75, 3.05) is 12.4 Å². The van der Waals surface area contributed by atoms with Crippen LogP contribution in [-0.2, 0) is 4.79 Å². The van der Waals surface area contributed by atoms with Crippen LogP contribution in [0.2, 0.25) is 0 Å². The lowest BCUT2D eigenvalue weighted by Crippen LogP contribution is -2.13. The van der Waals surface area contributed by atoms with Gasteiger partial charge in [-0.3, -0.25) is 10.1 Å². The van der Waals surface area contributed by atoms with Gasteiger partial charge >= 0.3 is 0 Å². The molecule has 1 aromatic carbocycles. The molecule has 0 aliphatic heterocycles. The molecule has 0 saturated carbocycles. The fraction of sp³-hybridized carbons (Fsp3) is 0.0714. The predicted octanol–water partition coefficient (Wildman–Crippen LogP) is 3.46. The van der Waals surface area contributed by atoms with Crippen molar-refractivity contribution in [1.82, 2.24) is 4.98 Å². The van der Waals surface area contributed by atoms with Crippen molar-refractivity contribution in [2.45, 2.75) is 0 Å². The minimum absolute atomic E-state index is 0.00210. The molecule has 1 amide bonds. The first-order valence-electron chi connectivity index (χ1n) is 5.80. The summed E-state index contributed by atoms with van der Waals surface area (Å²) in [5.41, 5.74) is 0.718. The van der Waals surface area contributed by atoms with Crippen LogP contribution in [0.3, 0.4) is 0 Å². The third kappa shape index (κ3) is 3.90. The van der Waals surface area contributed by atoms with Crippen LogP contribution in [0.25, 0.3) is 6.08 Å². The van der Waals surface area contributed by atoms with Gasteiger partial charge in [-0.25, -0.2) is 4.98 Å². The number of hydrogen-bond donors (Lipinski definition) is 1. The number of carbonyl (C=O) groups is 1. The van der Waals surface area contributed by atoms with E-state index in [1.54, 1.807) is 36.9 Å². The number of benzene rings is 1. The quantitative estimate of drug-likeness (QED) is 0.666. The summed E-state index contributed by atoms with van der Waals surface area (Å²) in [7, 11) is 1.57. The Bertz CT molecular complexity index is 720. The van der Waals surface area contributed by atoms with E-state index < -0.39 is 5.91 Å². The number of nitrogens with one attached hydrogen (secondary N) is 1.